The second-order valence-electron chi connectivity index (χ2n) is 11.2. The smallest absolute Gasteiger partial charge is 0.0543 e. The van der Waals surface area contributed by atoms with Gasteiger partial charge in [-0.2, -0.15) is 0 Å². The average molecular weight is 393 g/mol. The SMILES string of the molecule is CC.CC(O)CCC[C@H]1CCC2[C@@H]3CCC4CC(O)CC[C@]4(C)C3CCC21C. The van der Waals surface area contributed by atoms with E-state index in [-0.39, 0.29) is 12.2 Å². The monoisotopic (exact) mass is 392 g/mol. The summed E-state index contributed by atoms with van der Waals surface area (Å²) in [7, 11) is 0. The van der Waals surface area contributed by atoms with E-state index in [0.29, 0.717) is 10.8 Å². The van der Waals surface area contributed by atoms with Gasteiger partial charge < -0.3 is 10.2 Å². The molecule has 0 amide bonds. The van der Waals surface area contributed by atoms with Crippen LogP contribution in [0.15, 0.2) is 0 Å². The van der Waals surface area contributed by atoms with Crippen molar-refractivity contribution in [2.75, 3.05) is 0 Å². The number of aliphatic hydroxyl groups excluding tert-OH is 2. The molecule has 6 unspecified atom stereocenters. The lowest BCUT2D eigenvalue weighted by Crippen LogP contribution is -2.53. The van der Waals surface area contributed by atoms with Gasteiger partial charge >= 0.3 is 0 Å². The quantitative estimate of drug-likeness (QED) is 0.567. The van der Waals surface area contributed by atoms with Crippen molar-refractivity contribution < 1.29 is 10.2 Å². The van der Waals surface area contributed by atoms with Crippen molar-refractivity contribution in [3.63, 3.8) is 0 Å². The summed E-state index contributed by atoms with van der Waals surface area (Å²) in [5.41, 5.74) is 1.07. The van der Waals surface area contributed by atoms with E-state index in [1.807, 2.05) is 20.8 Å². The summed E-state index contributed by atoms with van der Waals surface area (Å²) in [4.78, 5) is 0. The van der Waals surface area contributed by atoms with Crippen LogP contribution in [-0.4, -0.2) is 22.4 Å². The van der Waals surface area contributed by atoms with Crippen molar-refractivity contribution in [3.05, 3.63) is 0 Å². The highest BCUT2D eigenvalue weighted by atomic mass is 16.3. The Morgan fingerprint density at radius 3 is 2.29 bits per heavy atom. The van der Waals surface area contributed by atoms with Crippen LogP contribution in [-0.2, 0) is 0 Å². The summed E-state index contributed by atoms with van der Waals surface area (Å²) in [6, 6.07) is 0. The first-order valence-electron chi connectivity index (χ1n) is 12.7. The second kappa shape index (κ2) is 8.96. The number of hydrogen-bond donors (Lipinski definition) is 2. The van der Waals surface area contributed by atoms with E-state index in [1.54, 1.807) is 0 Å². The van der Waals surface area contributed by atoms with Gasteiger partial charge in [0.25, 0.3) is 0 Å². The minimum atomic E-state index is -0.132. The molecule has 28 heavy (non-hydrogen) atoms. The normalized spacial score (nSPS) is 48.5. The largest absolute Gasteiger partial charge is 0.393 e. The van der Waals surface area contributed by atoms with Crippen molar-refractivity contribution in [3.8, 4) is 0 Å². The molecule has 0 aliphatic heterocycles. The Morgan fingerprint density at radius 2 is 1.57 bits per heavy atom. The molecule has 2 heteroatoms. The highest BCUT2D eigenvalue weighted by Crippen LogP contribution is 2.67. The van der Waals surface area contributed by atoms with E-state index >= 15 is 0 Å². The molecule has 2 nitrogen and oxygen atoms in total. The number of aliphatic hydroxyl groups is 2. The van der Waals surface area contributed by atoms with Crippen molar-refractivity contribution in [2.24, 2.45) is 40.4 Å². The van der Waals surface area contributed by atoms with E-state index in [9.17, 15) is 10.2 Å². The molecule has 4 aliphatic rings. The van der Waals surface area contributed by atoms with Crippen LogP contribution >= 0.6 is 0 Å². The Balaban J connectivity index is 0.00000109. The predicted octanol–water partition coefficient (Wildman–Crippen LogP) is 6.58. The van der Waals surface area contributed by atoms with Gasteiger partial charge in [-0.25, -0.2) is 0 Å². The van der Waals surface area contributed by atoms with Crippen molar-refractivity contribution in [2.45, 2.75) is 124 Å². The van der Waals surface area contributed by atoms with Crippen molar-refractivity contribution >= 4 is 0 Å². The van der Waals surface area contributed by atoms with E-state index in [4.69, 9.17) is 0 Å². The number of fused-ring (bicyclic) bond motifs is 5. The predicted molar refractivity (Wildman–Crippen MR) is 118 cm³/mol. The van der Waals surface area contributed by atoms with Gasteiger partial charge in [-0.15, -0.1) is 0 Å². The fraction of sp³-hybridized carbons (Fsp3) is 1.00. The average Bonchev–Trinajstić information content (AvgIpc) is 3.00. The van der Waals surface area contributed by atoms with Crippen LogP contribution < -0.4 is 0 Å². The first-order valence-corrected chi connectivity index (χ1v) is 12.7. The van der Waals surface area contributed by atoms with Crippen molar-refractivity contribution in [1.82, 2.24) is 0 Å². The second-order valence-corrected chi connectivity index (χ2v) is 11.2. The highest BCUT2D eigenvalue weighted by molar-refractivity contribution is 5.09. The zero-order valence-corrected chi connectivity index (χ0v) is 19.4. The van der Waals surface area contributed by atoms with Gasteiger partial charge in [0.05, 0.1) is 12.2 Å². The van der Waals surface area contributed by atoms with E-state index in [1.165, 1.54) is 57.8 Å². The van der Waals surface area contributed by atoms with Crippen LogP contribution in [0.5, 0.6) is 0 Å². The third-order valence-electron chi connectivity index (χ3n) is 10.0. The Labute approximate surface area is 174 Å². The Kier molecular flexibility index (Phi) is 7.24. The minimum absolute atomic E-state index is 0.0248. The molecule has 4 rings (SSSR count). The van der Waals surface area contributed by atoms with Gasteiger partial charge in [0, 0.05) is 0 Å². The van der Waals surface area contributed by atoms with Crippen LogP contribution in [0.3, 0.4) is 0 Å². The summed E-state index contributed by atoms with van der Waals surface area (Å²) in [6.45, 7) is 11.2. The molecule has 4 saturated carbocycles. The fourth-order valence-corrected chi connectivity index (χ4v) is 8.48. The van der Waals surface area contributed by atoms with Crippen LogP contribution in [0.25, 0.3) is 0 Å². The van der Waals surface area contributed by atoms with Gasteiger partial charge in [-0.1, -0.05) is 34.1 Å². The molecule has 9 atom stereocenters. The molecule has 0 radical (unpaired) electrons. The van der Waals surface area contributed by atoms with Gasteiger partial charge in [0.1, 0.15) is 0 Å². The molecule has 0 bridgehead atoms. The molecule has 0 aromatic heterocycles. The molecule has 2 N–H and O–H groups in total. The molecular formula is C26H48O2. The van der Waals surface area contributed by atoms with Gasteiger partial charge in [0.15, 0.2) is 0 Å². The van der Waals surface area contributed by atoms with E-state index in [2.05, 4.69) is 13.8 Å². The molecule has 0 aromatic carbocycles. The molecule has 4 fully saturated rings. The molecule has 0 spiro atoms. The third-order valence-corrected chi connectivity index (χ3v) is 10.0. The molecule has 0 heterocycles. The molecule has 164 valence electrons. The van der Waals surface area contributed by atoms with E-state index in [0.717, 1.165) is 48.9 Å². The Hall–Kier alpha value is -0.0800. The maximum absolute atomic E-state index is 10.2. The zero-order valence-electron chi connectivity index (χ0n) is 19.4. The standard InChI is InChI=1S/C24H42O2.C2H6/c1-16(25)5-4-6-17-8-10-21-20-9-7-18-15-19(26)11-13-24(18,3)22(20)12-14-23(17,21)2;1-2/h16-22,25-26H,4-15H2,1-3H3;1-2H3/t16?,17-,18?,19?,20-,21?,22?,23?,24-;/m0./s1. The first-order chi connectivity index (χ1) is 13.3. The lowest BCUT2D eigenvalue weighted by atomic mass is 9.44. The van der Waals surface area contributed by atoms with Gasteiger partial charge in [0.2, 0.25) is 0 Å². The zero-order chi connectivity index (χ0) is 20.5. The van der Waals surface area contributed by atoms with E-state index < -0.39 is 0 Å². The van der Waals surface area contributed by atoms with Gasteiger partial charge in [-0.05, 0) is 118 Å². The maximum Gasteiger partial charge on any atom is 0.0543 e. The Bertz CT molecular complexity index is 503. The van der Waals surface area contributed by atoms with Crippen LogP contribution in [0.1, 0.15) is 112 Å². The first kappa shape index (κ1) is 22.6. The minimum Gasteiger partial charge on any atom is -0.393 e. The summed E-state index contributed by atoms with van der Waals surface area (Å²) in [6.07, 6.45) is 15.3. The fourth-order valence-electron chi connectivity index (χ4n) is 8.48. The maximum atomic E-state index is 10.2. The van der Waals surface area contributed by atoms with Gasteiger partial charge in [-0.3, -0.25) is 0 Å². The number of hydrogen-bond acceptors (Lipinski definition) is 2. The molecule has 0 aromatic rings. The Morgan fingerprint density at radius 1 is 0.893 bits per heavy atom. The van der Waals surface area contributed by atoms with Crippen LogP contribution in [0.2, 0.25) is 0 Å². The molecule has 4 aliphatic carbocycles. The topological polar surface area (TPSA) is 40.5 Å². The number of rotatable bonds is 4. The lowest BCUT2D eigenvalue weighted by molar-refractivity contribution is -0.127. The van der Waals surface area contributed by atoms with Crippen molar-refractivity contribution in [1.29, 1.82) is 0 Å². The highest BCUT2D eigenvalue weighted by Gasteiger charge is 2.59. The summed E-state index contributed by atoms with van der Waals surface area (Å²) in [5.74, 6) is 4.49. The van der Waals surface area contributed by atoms with Crippen LogP contribution in [0.4, 0.5) is 0 Å². The third kappa shape index (κ3) is 3.94. The molecule has 0 saturated heterocycles. The lowest BCUT2D eigenvalue weighted by Gasteiger charge is -2.61. The summed E-state index contributed by atoms with van der Waals surface area (Å²) < 4.78 is 0. The van der Waals surface area contributed by atoms with Crippen LogP contribution in [0, 0.1) is 40.4 Å². The summed E-state index contributed by atoms with van der Waals surface area (Å²) in [5, 5.41) is 19.8. The summed E-state index contributed by atoms with van der Waals surface area (Å²) >= 11 is 0. The molecular weight excluding hydrogens is 344 g/mol.